The number of aromatic nitrogens is 2. The zero-order chi connectivity index (χ0) is 11.1. The van der Waals surface area contributed by atoms with Crippen LogP contribution in [0.5, 0.6) is 0 Å². The molecule has 84 valence electrons. The first-order chi connectivity index (χ1) is 7.26. The van der Waals surface area contributed by atoms with Crippen LogP contribution in [0.4, 0.5) is 5.82 Å². The first-order valence-electron chi connectivity index (χ1n) is 5.41. The first kappa shape index (κ1) is 11.9. The Balaban J connectivity index is 2.38. The highest BCUT2D eigenvalue weighted by molar-refractivity contribution is 5.32. The Labute approximate surface area is 90.7 Å². The number of aliphatic hydroxyl groups excluding tert-OH is 1. The molecule has 0 aliphatic carbocycles. The zero-order valence-corrected chi connectivity index (χ0v) is 9.40. The summed E-state index contributed by atoms with van der Waals surface area (Å²) in [4.78, 5) is 0. The number of nitrogens with zero attached hydrogens (tertiary/aromatic N) is 2. The molecule has 0 saturated heterocycles. The molecule has 0 aliphatic heterocycles. The predicted molar refractivity (Wildman–Crippen MR) is 60.7 cm³/mol. The molecule has 0 saturated carbocycles. The summed E-state index contributed by atoms with van der Waals surface area (Å²) in [6.45, 7) is 5.13. The predicted octanol–water partition coefficient (Wildman–Crippen LogP) is 1.61. The van der Waals surface area contributed by atoms with Gasteiger partial charge in [0.05, 0.1) is 5.69 Å². The maximum absolute atomic E-state index is 8.85. The van der Waals surface area contributed by atoms with Crippen LogP contribution in [0.1, 0.15) is 25.5 Å². The maximum Gasteiger partial charge on any atom is 0.148 e. The van der Waals surface area contributed by atoms with Crippen molar-refractivity contribution in [1.82, 2.24) is 10.2 Å². The van der Waals surface area contributed by atoms with Gasteiger partial charge in [0, 0.05) is 13.2 Å². The molecule has 0 spiro atoms. The van der Waals surface area contributed by atoms with E-state index in [0.29, 0.717) is 5.92 Å². The second-order valence-electron chi connectivity index (χ2n) is 3.73. The Bertz CT molecular complexity index is 274. The van der Waals surface area contributed by atoms with E-state index in [-0.39, 0.29) is 6.61 Å². The van der Waals surface area contributed by atoms with Crippen LogP contribution in [0.25, 0.3) is 0 Å². The standard InChI is InChI=1S/C11H19N3O/c1-3-10(6-7-15)8-12-11-5-4-9(2)13-14-11/h4-5,10,15H,3,6-8H2,1-2H3,(H,12,14). The lowest BCUT2D eigenvalue weighted by atomic mass is 10.0. The van der Waals surface area contributed by atoms with Gasteiger partial charge >= 0.3 is 0 Å². The lowest BCUT2D eigenvalue weighted by Crippen LogP contribution is -2.15. The molecule has 4 heteroatoms. The van der Waals surface area contributed by atoms with E-state index in [0.717, 1.165) is 30.9 Å². The third-order valence-corrected chi connectivity index (χ3v) is 2.48. The molecule has 1 rings (SSSR count). The quantitative estimate of drug-likeness (QED) is 0.747. The van der Waals surface area contributed by atoms with E-state index in [1.54, 1.807) is 0 Å². The lowest BCUT2D eigenvalue weighted by molar-refractivity contribution is 0.258. The van der Waals surface area contributed by atoms with E-state index in [2.05, 4.69) is 22.4 Å². The van der Waals surface area contributed by atoms with Gasteiger partial charge in [0.25, 0.3) is 0 Å². The second kappa shape index (κ2) is 6.35. The first-order valence-corrected chi connectivity index (χ1v) is 5.41. The summed E-state index contributed by atoms with van der Waals surface area (Å²) in [5.41, 5.74) is 0.919. The molecule has 0 radical (unpaired) electrons. The summed E-state index contributed by atoms with van der Waals surface area (Å²) in [5.74, 6) is 1.30. The Hall–Kier alpha value is -1.16. The Kier molecular flexibility index (Phi) is 5.04. The highest BCUT2D eigenvalue weighted by Crippen LogP contribution is 2.09. The largest absolute Gasteiger partial charge is 0.396 e. The topological polar surface area (TPSA) is 58.0 Å². The summed E-state index contributed by atoms with van der Waals surface area (Å²) in [6.07, 6.45) is 1.90. The third kappa shape index (κ3) is 4.25. The van der Waals surface area contributed by atoms with Crippen LogP contribution in [0, 0.1) is 12.8 Å². The monoisotopic (exact) mass is 209 g/mol. The minimum atomic E-state index is 0.250. The van der Waals surface area contributed by atoms with Crippen molar-refractivity contribution in [2.45, 2.75) is 26.7 Å². The molecule has 0 fully saturated rings. The van der Waals surface area contributed by atoms with Crippen molar-refractivity contribution in [1.29, 1.82) is 0 Å². The van der Waals surface area contributed by atoms with Gasteiger partial charge < -0.3 is 10.4 Å². The van der Waals surface area contributed by atoms with Crippen molar-refractivity contribution < 1.29 is 5.11 Å². The van der Waals surface area contributed by atoms with Crippen molar-refractivity contribution in [2.24, 2.45) is 5.92 Å². The van der Waals surface area contributed by atoms with E-state index in [9.17, 15) is 0 Å². The second-order valence-corrected chi connectivity index (χ2v) is 3.73. The van der Waals surface area contributed by atoms with Crippen LogP contribution < -0.4 is 5.32 Å². The minimum absolute atomic E-state index is 0.250. The van der Waals surface area contributed by atoms with E-state index < -0.39 is 0 Å². The van der Waals surface area contributed by atoms with E-state index in [4.69, 9.17) is 5.11 Å². The molecule has 0 aromatic carbocycles. The molecule has 1 aromatic rings. The summed E-state index contributed by atoms with van der Waals surface area (Å²) in [7, 11) is 0. The van der Waals surface area contributed by atoms with Gasteiger partial charge in [-0.05, 0) is 31.4 Å². The number of rotatable bonds is 6. The van der Waals surface area contributed by atoms with Crippen molar-refractivity contribution in [3.05, 3.63) is 17.8 Å². The Morgan fingerprint density at radius 2 is 2.20 bits per heavy atom. The Morgan fingerprint density at radius 3 is 2.73 bits per heavy atom. The third-order valence-electron chi connectivity index (χ3n) is 2.48. The zero-order valence-electron chi connectivity index (χ0n) is 9.40. The number of hydrogen-bond acceptors (Lipinski definition) is 4. The van der Waals surface area contributed by atoms with Crippen molar-refractivity contribution >= 4 is 5.82 Å². The van der Waals surface area contributed by atoms with Crippen molar-refractivity contribution in [3.8, 4) is 0 Å². The Morgan fingerprint density at radius 1 is 1.40 bits per heavy atom. The fraction of sp³-hybridized carbons (Fsp3) is 0.636. The maximum atomic E-state index is 8.85. The molecule has 0 bridgehead atoms. The van der Waals surface area contributed by atoms with Gasteiger partial charge in [-0.3, -0.25) is 0 Å². The van der Waals surface area contributed by atoms with E-state index >= 15 is 0 Å². The molecule has 1 aromatic heterocycles. The highest BCUT2D eigenvalue weighted by Gasteiger charge is 2.05. The van der Waals surface area contributed by atoms with Crippen LogP contribution in [-0.4, -0.2) is 28.5 Å². The van der Waals surface area contributed by atoms with Gasteiger partial charge in [-0.1, -0.05) is 13.3 Å². The SMILES string of the molecule is CCC(CCO)CNc1ccc(C)nn1. The van der Waals surface area contributed by atoms with Gasteiger partial charge in [0.1, 0.15) is 5.82 Å². The van der Waals surface area contributed by atoms with E-state index in [1.807, 2.05) is 19.1 Å². The molecule has 0 amide bonds. The lowest BCUT2D eigenvalue weighted by Gasteiger charge is -2.14. The minimum Gasteiger partial charge on any atom is -0.396 e. The molecule has 15 heavy (non-hydrogen) atoms. The summed E-state index contributed by atoms with van der Waals surface area (Å²) in [5, 5.41) is 20.1. The van der Waals surface area contributed by atoms with Crippen LogP contribution >= 0.6 is 0 Å². The number of nitrogens with one attached hydrogen (secondary N) is 1. The molecule has 2 N–H and O–H groups in total. The molecular weight excluding hydrogens is 190 g/mol. The molecule has 1 heterocycles. The van der Waals surface area contributed by atoms with Crippen LogP contribution in [0.15, 0.2) is 12.1 Å². The smallest absolute Gasteiger partial charge is 0.148 e. The fourth-order valence-electron chi connectivity index (χ4n) is 1.38. The van der Waals surface area contributed by atoms with Gasteiger partial charge in [-0.2, -0.15) is 5.10 Å². The van der Waals surface area contributed by atoms with Gasteiger partial charge in [-0.25, -0.2) is 0 Å². The van der Waals surface area contributed by atoms with Crippen LogP contribution in [0.2, 0.25) is 0 Å². The number of hydrogen-bond donors (Lipinski definition) is 2. The van der Waals surface area contributed by atoms with Crippen molar-refractivity contribution in [3.63, 3.8) is 0 Å². The van der Waals surface area contributed by atoms with Gasteiger partial charge in [0.15, 0.2) is 0 Å². The summed E-state index contributed by atoms with van der Waals surface area (Å²) in [6, 6.07) is 3.86. The highest BCUT2D eigenvalue weighted by atomic mass is 16.3. The molecule has 4 nitrogen and oxygen atoms in total. The fourth-order valence-corrected chi connectivity index (χ4v) is 1.38. The van der Waals surface area contributed by atoms with E-state index in [1.165, 1.54) is 0 Å². The number of aryl methyl sites for hydroxylation is 1. The molecule has 0 aliphatic rings. The molecular formula is C11H19N3O. The normalized spacial score (nSPS) is 12.5. The van der Waals surface area contributed by atoms with Crippen molar-refractivity contribution in [2.75, 3.05) is 18.5 Å². The average Bonchev–Trinajstić information content (AvgIpc) is 2.26. The molecule has 1 unspecified atom stereocenters. The average molecular weight is 209 g/mol. The summed E-state index contributed by atoms with van der Waals surface area (Å²) >= 11 is 0. The number of anilines is 1. The number of aliphatic hydroxyl groups is 1. The summed E-state index contributed by atoms with van der Waals surface area (Å²) < 4.78 is 0. The van der Waals surface area contributed by atoms with Gasteiger partial charge in [-0.15, -0.1) is 5.10 Å². The van der Waals surface area contributed by atoms with Crippen LogP contribution in [-0.2, 0) is 0 Å². The van der Waals surface area contributed by atoms with Crippen LogP contribution in [0.3, 0.4) is 0 Å². The molecule has 1 atom stereocenters. The van der Waals surface area contributed by atoms with Gasteiger partial charge in [0.2, 0.25) is 0 Å².